The molecule has 3 aromatic carbocycles. The lowest BCUT2D eigenvalue weighted by atomic mass is 10.2. The zero-order chi connectivity index (χ0) is 29.3. The Balaban J connectivity index is 1.38. The summed E-state index contributed by atoms with van der Waals surface area (Å²) in [6, 6.07) is 18.6. The Labute approximate surface area is 239 Å². The lowest BCUT2D eigenvalue weighted by Gasteiger charge is -2.08. The molecule has 0 heterocycles. The van der Waals surface area contributed by atoms with E-state index in [-0.39, 0.29) is 5.75 Å². The molecule has 0 radical (unpaired) electrons. The fourth-order valence-corrected chi connectivity index (χ4v) is 3.54. The molecule has 0 bridgehead atoms. The molecule has 0 aromatic heterocycles. The summed E-state index contributed by atoms with van der Waals surface area (Å²) in [5, 5.41) is 17.8. The number of aromatic hydroxyl groups is 1. The van der Waals surface area contributed by atoms with Crippen molar-refractivity contribution in [3.8, 4) is 23.0 Å². The van der Waals surface area contributed by atoms with Gasteiger partial charge in [-0.15, -0.1) is 0 Å². The molecule has 3 rings (SSSR count). The van der Waals surface area contributed by atoms with Gasteiger partial charge in [0.1, 0.15) is 11.5 Å². The van der Waals surface area contributed by atoms with E-state index in [9.17, 15) is 14.7 Å². The van der Waals surface area contributed by atoms with Crippen LogP contribution in [0.2, 0.25) is 0 Å². The Bertz CT molecular complexity index is 1330. The lowest BCUT2D eigenvalue weighted by molar-refractivity contribution is -0.137. The average molecular weight is 559 g/mol. The predicted octanol–water partition coefficient (Wildman–Crippen LogP) is 6.13. The van der Waals surface area contributed by atoms with E-state index in [0.29, 0.717) is 42.6 Å². The Hall–Kier alpha value is -4.92. The maximum absolute atomic E-state index is 12.5. The highest BCUT2D eigenvalue weighted by Gasteiger charge is 2.09. The van der Waals surface area contributed by atoms with Gasteiger partial charge in [-0.1, -0.05) is 6.58 Å². The summed E-state index contributed by atoms with van der Waals surface area (Å²) in [4.78, 5) is 23.5. The van der Waals surface area contributed by atoms with Crippen molar-refractivity contribution in [2.45, 2.75) is 32.6 Å². The number of phenols is 1. The Morgan fingerprint density at radius 2 is 1.44 bits per heavy atom. The van der Waals surface area contributed by atoms with Gasteiger partial charge in [0.25, 0.3) is 0 Å². The van der Waals surface area contributed by atoms with Crippen molar-refractivity contribution in [3.63, 3.8) is 0 Å². The number of hydrogen-bond acceptors (Lipinski definition) is 9. The third-order valence-electron chi connectivity index (χ3n) is 5.66. The quantitative estimate of drug-likeness (QED) is 0.0561. The smallest absolute Gasteiger partial charge is 0.343 e. The van der Waals surface area contributed by atoms with E-state index in [1.165, 1.54) is 0 Å². The fraction of sp³-hybridized carbons (Fsp3) is 0.250. The molecule has 0 saturated heterocycles. The first-order chi connectivity index (χ1) is 20.0. The normalized spacial score (nSPS) is 11.0. The van der Waals surface area contributed by atoms with E-state index in [1.807, 2.05) is 6.92 Å². The molecule has 0 spiro atoms. The van der Waals surface area contributed by atoms with Crippen molar-refractivity contribution >= 4 is 24.4 Å². The second kappa shape index (κ2) is 16.9. The Morgan fingerprint density at radius 3 is 2.12 bits per heavy atom. The summed E-state index contributed by atoms with van der Waals surface area (Å²) in [6.45, 7) is 6.60. The van der Waals surface area contributed by atoms with Gasteiger partial charge in [-0.05, 0) is 110 Å². The van der Waals surface area contributed by atoms with Gasteiger partial charge in [0, 0.05) is 6.08 Å². The maximum Gasteiger partial charge on any atom is 0.343 e. The summed E-state index contributed by atoms with van der Waals surface area (Å²) < 4.78 is 21.5. The molecule has 0 fully saturated rings. The summed E-state index contributed by atoms with van der Waals surface area (Å²) >= 11 is 0. The highest BCUT2D eigenvalue weighted by atomic mass is 16.5. The molecule has 0 saturated carbocycles. The molecule has 0 aliphatic heterocycles. The predicted molar refractivity (Wildman–Crippen MR) is 157 cm³/mol. The molecule has 0 aliphatic rings. The van der Waals surface area contributed by atoms with Crippen molar-refractivity contribution in [1.82, 2.24) is 0 Å². The number of phenolic OH excluding ortho intramolecular Hbond substituents is 1. The first kappa shape index (κ1) is 30.6. The third-order valence-corrected chi connectivity index (χ3v) is 5.66. The number of carbonyl (C=O) groups is 2. The molecule has 214 valence electrons. The van der Waals surface area contributed by atoms with Gasteiger partial charge >= 0.3 is 11.9 Å². The highest BCUT2D eigenvalue weighted by molar-refractivity contribution is 5.91. The van der Waals surface area contributed by atoms with Crippen LogP contribution in [-0.4, -0.2) is 49.3 Å². The van der Waals surface area contributed by atoms with Gasteiger partial charge in [0.2, 0.25) is 0 Å². The van der Waals surface area contributed by atoms with Crippen molar-refractivity contribution in [2.24, 2.45) is 10.2 Å². The molecule has 9 heteroatoms. The summed E-state index contributed by atoms with van der Waals surface area (Å²) in [5.74, 6) is 0.670. The Morgan fingerprint density at radius 1 is 0.805 bits per heavy atom. The van der Waals surface area contributed by atoms with Gasteiger partial charge in [0.15, 0.2) is 11.5 Å². The second-order valence-electron chi connectivity index (χ2n) is 8.77. The van der Waals surface area contributed by atoms with E-state index in [1.54, 1.807) is 79.2 Å². The molecule has 9 nitrogen and oxygen atoms in total. The number of rotatable bonds is 16. The summed E-state index contributed by atoms with van der Waals surface area (Å²) in [6.07, 6.45) is 7.87. The van der Waals surface area contributed by atoms with Crippen molar-refractivity contribution in [1.29, 1.82) is 0 Å². The molecule has 0 amide bonds. The maximum atomic E-state index is 12.5. The van der Waals surface area contributed by atoms with E-state index >= 15 is 0 Å². The Kier molecular flexibility index (Phi) is 12.6. The number of hydrogen-bond donors (Lipinski definition) is 1. The number of esters is 2. The largest absolute Gasteiger partial charge is 0.504 e. The molecular formula is C32H34N2O7. The number of unbranched alkanes of at least 4 members (excludes halogenated alkanes) is 3. The van der Waals surface area contributed by atoms with Crippen molar-refractivity contribution in [3.05, 3.63) is 96.1 Å². The van der Waals surface area contributed by atoms with Crippen LogP contribution in [0.3, 0.4) is 0 Å². The van der Waals surface area contributed by atoms with E-state index < -0.39 is 11.9 Å². The molecule has 0 atom stereocenters. The van der Waals surface area contributed by atoms with E-state index in [2.05, 4.69) is 16.8 Å². The van der Waals surface area contributed by atoms with Crippen LogP contribution in [0, 0.1) is 0 Å². The van der Waals surface area contributed by atoms with Crippen LogP contribution in [-0.2, 0) is 9.53 Å². The monoisotopic (exact) mass is 558 g/mol. The summed E-state index contributed by atoms with van der Waals surface area (Å²) in [7, 11) is 0. The number of benzene rings is 3. The van der Waals surface area contributed by atoms with Crippen LogP contribution >= 0.6 is 0 Å². The molecule has 41 heavy (non-hydrogen) atoms. The topological polar surface area (TPSA) is 116 Å². The molecule has 0 aliphatic carbocycles. The summed E-state index contributed by atoms with van der Waals surface area (Å²) in [5.41, 5.74) is 1.93. The lowest BCUT2D eigenvalue weighted by Crippen LogP contribution is -2.08. The third kappa shape index (κ3) is 11.0. The van der Waals surface area contributed by atoms with Crippen molar-refractivity contribution < 1.29 is 33.6 Å². The molecular weight excluding hydrogens is 524 g/mol. The number of ether oxygens (including phenoxy) is 4. The van der Waals surface area contributed by atoms with E-state index in [0.717, 1.165) is 42.9 Å². The second-order valence-corrected chi connectivity index (χ2v) is 8.77. The zero-order valence-corrected chi connectivity index (χ0v) is 23.0. The first-order valence-electron chi connectivity index (χ1n) is 13.3. The fourth-order valence-electron chi connectivity index (χ4n) is 3.54. The average Bonchev–Trinajstić information content (AvgIpc) is 2.99. The van der Waals surface area contributed by atoms with Gasteiger partial charge in [-0.3, -0.25) is 0 Å². The van der Waals surface area contributed by atoms with E-state index in [4.69, 9.17) is 18.9 Å². The van der Waals surface area contributed by atoms with Gasteiger partial charge in [-0.25, -0.2) is 9.59 Å². The highest BCUT2D eigenvalue weighted by Crippen LogP contribution is 2.26. The molecule has 3 aromatic rings. The van der Waals surface area contributed by atoms with Crippen LogP contribution in [0.25, 0.3) is 0 Å². The minimum absolute atomic E-state index is 0.0703. The molecule has 1 N–H and O–H groups in total. The van der Waals surface area contributed by atoms with Crippen LogP contribution in [0.1, 0.15) is 54.1 Å². The SMILES string of the molecule is C=CC(=O)OCCCCCCOc1ccc(C(=O)Oc2ccc(/C=N/N=C/c3ccc(O)c(OCC)c3)cc2)cc1. The van der Waals surface area contributed by atoms with Crippen LogP contribution < -0.4 is 14.2 Å². The standard InChI is InChI=1S/C32H34N2O7/c1-3-31(36)40-20-8-6-5-7-19-39-27-16-12-26(13-17-27)32(37)41-28-14-9-24(10-15-28)22-33-34-23-25-11-18-29(35)30(21-25)38-4-2/h3,9-18,21-23,35H,1,4-8,19-20H2,2H3/b33-22+,34-23+. The first-order valence-corrected chi connectivity index (χ1v) is 13.3. The number of carbonyl (C=O) groups excluding carboxylic acids is 2. The molecule has 0 unspecified atom stereocenters. The van der Waals surface area contributed by atoms with Gasteiger partial charge < -0.3 is 24.1 Å². The minimum atomic E-state index is -0.472. The van der Waals surface area contributed by atoms with Crippen LogP contribution in [0.4, 0.5) is 0 Å². The zero-order valence-electron chi connectivity index (χ0n) is 23.0. The van der Waals surface area contributed by atoms with Crippen LogP contribution in [0.5, 0.6) is 23.0 Å². The minimum Gasteiger partial charge on any atom is -0.504 e. The van der Waals surface area contributed by atoms with Gasteiger partial charge in [0.05, 0.1) is 37.8 Å². The van der Waals surface area contributed by atoms with Crippen LogP contribution in [0.15, 0.2) is 89.6 Å². The van der Waals surface area contributed by atoms with Gasteiger partial charge in [-0.2, -0.15) is 10.2 Å². The number of nitrogens with zero attached hydrogens (tertiary/aromatic N) is 2. The van der Waals surface area contributed by atoms with Crippen molar-refractivity contribution in [2.75, 3.05) is 19.8 Å².